The van der Waals surface area contributed by atoms with Crippen LogP contribution in [0.4, 0.5) is 5.95 Å². The van der Waals surface area contributed by atoms with Crippen LogP contribution in [0.1, 0.15) is 24.5 Å². The Kier molecular flexibility index (Phi) is 6.95. The highest BCUT2D eigenvalue weighted by atomic mass is 35.5. The van der Waals surface area contributed by atoms with Gasteiger partial charge in [0.15, 0.2) is 11.5 Å². The maximum absolute atomic E-state index is 6.45. The summed E-state index contributed by atoms with van der Waals surface area (Å²) in [6.07, 6.45) is 0.938. The molecule has 1 aromatic heterocycles. The number of halogens is 2. The van der Waals surface area contributed by atoms with E-state index in [2.05, 4.69) is 27.8 Å². The van der Waals surface area contributed by atoms with Crippen LogP contribution in [-0.2, 0) is 19.7 Å². The minimum Gasteiger partial charge on any atom is -0.493 e. The van der Waals surface area contributed by atoms with Crippen LogP contribution in [0, 0.1) is 0 Å². The van der Waals surface area contributed by atoms with Gasteiger partial charge < -0.3 is 14.8 Å². The zero-order valence-electron chi connectivity index (χ0n) is 15.7. The predicted molar refractivity (Wildman–Crippen MR) is 109 cm³/mol. The van der Waals surface area contributed by atoms with Gasteiger partial charge in [-0.2, -0.15) is 0 Å². The Hall–Kier alpha value is -2.51. The van der Waals surface area contributed by atoms with Gasteiger partial charge in [-0.15, -0.1) is 0 Å². The van der Waals surface area contributed by atoms with Gasteiger partial charge in [0.05, 0.1) is 7.11 Å². The van der Waals surface area contributed by atoms with Crippen molar-refractivity contribution >= 4 is 29.2 Å². The fraction of sp³-hybridized carbons (Fsp3) is 0.316. The number of benzene rings is 2. The normalized spacial score (nSPS) is 10.7. The van der Waals surface area contributed by atoms with E-state index in [1.807, 2.05) is 30.3 Å². The number of hydrogen-bond donors (Lipinski definition) is 1. The van der Waals surface area contributed by atoms with Crippen molar-refractivity contribution in [2.24, 2.45) is 0 Å². The maximum Gasteiger partial charge on any atom is 0.243 e. The first-order valence-electron chi connectivity index (χ1n) is 8.84. The summed E-state index contributed by atoms with van der Waals surface area (Å²) < 4.78 is 13.1. The summed E-state index contributed by atoms with van der Waals surface area (Å²) >= 11 is 12.4. The van der Waals surface area contributed by atoms with Gasteiger partial charge in [-0.25, -0.2) is 4.68 Å². The van der Waals surface area contributed by atoms with Crippen LogP contribution in [-0.4, -0.2) is 27.3 Å². The Balaban J connectivity index is 1.70. The molecule has 0 aliphatic heterocycles. The quantitative estimate of drug-likeness (QED) is 0.544. The maximum atomic E-state index is 6.45. The zero-order valence-corrected chi connectivity index (χ0v) is 17.2. The van der Waals surface area contributed by atoms with Gasteiger partial charge >= 0.3 is 0 Å². The molecule has 3 rings (SSSR count). The van der Waals surface area contributed by atoms with E-state index in [0.717, 1.165) is 24.1 Å². The molecule has 0 saturated carbocycles. The van der Waals surface area contributed by atoms with E-state index in [-0.39, 0.29) is 0 Å². The highest BCUT2D eigenvalue weighted by Gasteiger charge is 2.12. The average molecular weight is 422 g/mol. The second-order valence-corrected chi connectivity index (χ2v) is 6.93. The number of ether oxygens (including phenoxy) is 2. The molecule has 2 aromatic carbocycles. The molecular formula is C19H21Cl2N5O2. The number of nitrogens with one attached hydrogen (secondary N) is 1. The summed E-state index contributed by atoms with van der Waals surface area (Å²) in [5.41, 5.74) is 1.85. The van der Waals surface area contributed by atoms with Gasteiger partial charge in [0.1, 0.15) is 6.61 Å². The fourth-order valence-corrected chi connectivity index (χ4v) is 2.94. The van der Waals surface area contributed by atoms with Crippen molar-refractivity contribution in [1.82, 2.24) is 20.2 Å². The highest BCUT2D eigenvalue weighted by Crippen LogP contribution is 2.34. The third-order valence-electron chi connectivity index (χ3n) is 4.04. The van der Waals surface area contributed by atoms with Crippen molar-refractivity contribution in [3.8, 4) is 11.5 Å². The molecular weight excluding hydrogens is 401 g/mol. The molecule has 9 heteroatoms. The van der Waals surface area contributed by atoms with E-state index < -0.39 is 0 Å². The predicted octanol–water partition coefficient (Wildman–Crippen LogP) is 4.59. The Labute approximate surface area is 173 Å². The Morgan fingerprint density at radius 3 is 2.61 bits per heavy atom. The van der Waals surface area contributed by atoms with E-state index in [9.17, 15) is 0 Å². The molecule has 0 saturated heterocycles. The lowest BCUT2D eigenvalue weighted by Gasteiger charge is -2.14. The van der Waals surface area contributed by atoms with Crippen LogP contribution in [0.25, 0.3) is 0 Å². The van der Waals surface area contributed by atoms with Gasteiger partial charge in [-0.05, 0) is 46.2 Å². The van der Waals surface area contributed by atoms with E-state index >= 15 is 0 Å². The van der Waals surface area contributed by atoms with Crippen molar-refractivity contribution in [1.29, 1.82) is 0 Å². The third-order valence-corrected chi connectivity index (χ3v) is 4.65. The number of anilines is 1. The number of nitrogens with zero attached hydrogens (tertiary/aromatic N) is 4. The molecule has 0 spiro atoms. The molecule has 1 heterocycles. The summed E-state index contributed by atoms with van der Waals surface area (Å²) in [5.74, 6) is 1.77. The molecule has 0 aliphatic rings. The molecule has 0 aliphatic carbocycles. The number of aromatic nitrogens is 4. The number of rotatable bonds is 9. The van der Waals surface area contributed by atoms with Crippen LogP contribution >= 0.6 is 23.2 Å². The van der Waals surface area contributed by atoms with Crippen molar-refractivity contribution in [2.45, 2.75) is 33.0 Å². The Morgan fingerprint density at radius 1 is 1.11 bits per heavy atom. The van der Waals surface area contributed by atoms with Crippen LogP contribution < -0.4 is 14.8 Å². The number of hydrogen-bond acceptors (Lipinski definition) is 6. The summed E-state index contributed by atoms with van der Waals surface area (Å²) in [4.78, 5) is 0. The molecule has 28 heavy (non-hydrogen) atoms. The largest absolute Gasteiger partial charge is 0.493 e. The van der Waals surface area contributed by atoms with E-state index in [4.69, 9.17) is 32.7 Å². The minimum absolute atomic E-state index is 0.382. The van der Waals surface area contributed by atoms with Gasteiger partial charge in [-0.1, -0.05) is 47.4 Å². The molecule has 0 radical (unpaired) electrons. The lowest BCUT2D eigenvalue weighted by molar-refractivity contribution is 0.284. The first-order chi connectivity index (χ1) is 13.6. The Bertz CT molecular complexity index is 915. The van der Waals surface area contributed by atoms with Crippen molar-refractivity contribution in [3.63, 3.8) is 0 Å². The highest BCUT2D eigenvalue weighted by molar-refractivity contribution is 6.31. The summed E-state index contributed by atoms with van der Waals surface area (Å²) in [5, 5.41) is 16.1. The van der Waals surface area contributed by atoms with Gasteiger partial charge in [-0.3, -0.25) is 0 Å². The van der Waals surface area contributed by atoms with E-state index in [1.165, 1.54) is 0 Å². The lowest BCUT2D eigenvalue weighted by Crippen LogP contribution is -2.09. The minimum atomic E-state index is 0.382. The summed E-state index contributed by atoms with van der Waals surface area (Å²) in [7, 11) is 1.59. The number of methoxy groups -OCH3 is 1. The summed E-state index contributed by atoms with van der Waals surface area (Å²) in [6.45, 7) is 3.64. The third kappa shape index (κ3) is 5.05. The van der Waals surface area contributed by atoms with Crippen molar-refractivity contribution in [3.05, 3.63) is 57.6 Å². The lowest BCUT2D eigenvalue weighted by atomic mass is 10.2. The van der Waals surface area contributed by atoms with Gasteiger partial charge in [0, 0.05) is 29.2 Å². The molecule has 0 bridgehead atoms. The number of aryl methyl sites for hydroxylation is 1. The Morgan fingerprint density at radius 2 is 1.89 bits per heavy atom. The van der Waals surface area contributed by atoms with Crippen LogP contribution in [0.5, 0.6) is 11.5 Å². The molecule has 0 unspecified atom stereocenters. The number of tetrazole rings is 1. The first kappa shape index (κ1) is 20.2. The van der Waals surface area contributed by atoms with Gasteiger partial charge in [0.25, 0.3) is 0 Å². The molecule has 0 amide bonds. The average Bonchev–Trinajstić information content (AvgIpc) is 3.14. The zero-order chi connectivity index (χ0) is 19.9. The van der Waals surface area contributed by atoms with E-state index in [0.29, 0.717) is 40.6 Å². The molecule has 148 valence electrons. The van der Waals surface area contributed by atoms with Crippen LogP contribution in [0.2, 0.25) is 10.0 Å². The van der Waals surface area contributed by atoms with Crippen LogP contribution in [0.15, 0.2) is 36.4 Å². The summed E-state index contributed by atoms with van der Waals surface area (Å²) in [6, 6.07) is 11.1. The second kappa shape index (κ2) is 9.61. The second-order valence-electron chi connectivity index (χ2n) is 6.09. The van der Waals surface area contributed by atoms with Gasteiger partial charge in [0.2, 0.25) is 5.95 Å². The molecule has 7 nitrogen and oxygen atoms in total. The first-order valence-corrected chi connectivity index (χ1v) is 9.60. The molecule has 0 atom stereocenters. The van der Waals surface area contributed by atoms with Crippen molar-refractivity contribution in [2.75, 3.05) is 12.4 Å². The standard InChI is InChI=1S/C19H21Cl2N5O2/c1-3-8-26-19(23-24-25-26)22-11-14-9-17(27-2)18(10-16(14)21)28-12-13-4-6-15(20)7-5-13/h4-7,9-10H,3,8,11-12H2,1-2H3,(H,22,23,25). The molecule has 3 aromatic rings. The SMILES string of the molecule is CCCn1nnnc1NCc1cc(OC)c(OCc2ccc(Cl)cc2)cc1Cl. The fourth-order valence-electron chi connectivity index (χ4n) is 2.59. The smallest absolute Gasteiger partial charge is 0.243 e. The molecule has 1 N–H and O–H groups in total. The van der Waals surface area contributed by atoms with E-state index in [1.54, 1.807) is 17.9 Å². The molecule has 0 fully saturated rings. The monoisotopic (exact) mass is 421 g/mol. The topological polar surface area (TPSA) is 74.1 Å². The van der Waals surface area contributed by atoms with Crippen molar-refractivity contribution < 1.29 is 9.47 Å². The van der Waals surface area contributed by atoms with Crippen LogP contribution in [0.3, 0.4) is 0 Å².